The van der Waals surface area contributed by atoms with Crippen LogP contribution in [-0.2, 0) is 20.7 Å². The monoisotopic (exact) mass is 466 g/mol. The molecule has 0 spiro atoms. The van der Waals surface area contributed by atoms with Crippen molar-refractivity contribution in [2.24, 2.45) is 11.8 Å². The van der Waals surface area contributed by atoms with Crippen molar-refractivity contribution in [3.8, 4) is 0 Å². The minimum Gasteiger partial charge on any atom is -0.475 e. The Balaban J connectivity index is 0.000000383. The quantitative estimate of drug-likeness (QED) is 0.698. The highest BCUT2D eigenvalue weighted by molar-refractivity contribution is 5.79. The largest absolute Gasteiger partial charge is 0.490 e. The molecule has 1 amide bonds. The smallest absolute Gasteiger partial charge is 0.475 e. The molecule has 2 aromatic rings. The van der Waals surface area contributed by atoms with Gasteiger partial charge in [-0.1, -0.05) is 24.3 Å². The Morgan fingerprint density at radius 1 is 1.18 bits per heavy atom. The molecule has 8 nitrogen and oxygen atoms in total. The second-order valence-corrected chi connectivity index (χ2v) is 7.95. The van der Waals surface area contributed by atoms with Crippen molar-refractivity contribution in [1.82, 2.24) is 14.9 Å². The number of alkyl halides is 3. The topological polar surface area (TPSA) is 105 Å². The van der Waals surface area contributed by atoms with E-state index < -0.39 is 12.1 Å². The number of hydrogen-bond donors (Lipinski definition) is 2. The lowest BCUT2D eigenvalue weighted by Crippen LogP contribution is -2.33. The highest BCUT2D eigenvalue weighted by Crippen LogP contribution is 2.34. The van der Waals surface area contributed by atoms with E-state index in [0.29, 0.717) is 30.7 Å². The molecule has 1 aromatic heterocycles. The van der Waals surface area contributed by atoms with Crippen LogP contribution < -0.4 is 5.32 Å². The number of rotatable bonds is 5. The summed E-state index contributed by atoms with van der Waals surface area (Å²) in [5.41, 5.74) is 2.27. The molecule has 0 unspecified atom stereocenters. The number of carboxylic acid groups (broad SMARTS) is 1. The molecule has 0 bridgehead atoms. The molecule has 2 fully saturated rings. The van der Waals surface area contributed by atoms with E-state index in [2.05, 4.69) is 28.3 Å². The predicted octanol–water partition coefficient (Wildman–Crippen LogP) is 2.55. The molecule has 0 radical (unpaired) electrons. The SMILES string of the molecule is Cc1ccccc1CC(=O)N1C[C@@H]2[C@@H](CNc3ncccn3)CO[C@@H]2C1.O=C(O)C(F)(F)F. The minimum atomic E-state index is -5.08. The molecule has 2 N–H and O–H groups in total. The number of aliphatic carboxylic acids is 1. The molecule has 0 saturated carbocycles. The fourth-order valence-electron chi connectivity index (χ4n) is 3.91. The van der Waals surface area contributed by atoms with Crippen LogP contribution in [0.2, 0.25) is 0 Å². The van der Waals surface area contributed by atoms with Crippen molar-refractivity contribution in [1.29, 1.82) is 0 Å². The van der Waals surface area contributed by atoms with Gasteiger partial charge in [-0.05, 0) is 24.1 Å². The summed E-state index contributed by atoms with van der Waals surface area (Å²) < 4.78 is 37.7. The van der Waals surface area contributed by atoms with Crippen molar-refractivity contribution in [3.63, 3.8) is 0 Å². The number of likely N-dealkylation sites (tertiary alicyclic amines) is 1. The Labute approximate surface area is 188 Å². The summed E-state index contributed by atoms with van der Waals surface area (Å²) >= 11 is 0. The lowest BCUT2D eigenvalue weighted by Gasteiger charge is -2.20. The number of anilines is 1. The molecule has 2 aliphatic rings. The number of nitrogens with one attached hydrogen (secondary N) is 1. The summed E-state index contributed by atoms with van der Waals surface area (Å²) in [5, 5.41) is 10.4. The Morgan fingerprint density at radius 2 is 1.85 bits per heavy atom. The van der Waals surface area contributed by atoms with Crippen LogP contribution in [0.25, 0.3) is 0 Å². The summed E-state index contributed by atoms with van der Waals surface area (Å²) in [6.45, 7) is 5.03. The predicted molar refractivity (Wildman–Crippen MR) is 112 cm³/mol. The molecule has 178 valence electrons. The van der Waals surface area contributed by atoms with E-state index in [0.717, 1.165) is 25.3 Å². The van der Waals surface area contributed by atoms with Gasteiger partial charge in [-0.2, -0.15) is 13.2 Å². The van der Waals surface area contributed by atoms with Crippen molar-refractivity contribution in [2.75, 3.05) is 31.6 Å². The molecule has 3 atom stereocenters. The normalized spacial score (nSPS) is 21.7. The second-order valence-electron chi connectivity index (χ2n) is 7.95. The Hall–Kier alpha value is -3.21. The van der Waals surface area contributed by atoms with Crippen LogP contribution in [0.3, 0.4) is 0 Å². The molecule has 11 heteroatoms. The van der Waals surface area contributed by atoms with Gasteiger partial charge in [-0.25, -0.2) is 14.8 Å². The number of carboxylic acids is 1. The average Bonchev–Trinajstić information content (AvgIpc) is 3.36. The molecular weight excluding hydrogens is 441 g/mol. The summed E-state index contributed by atoms with van der Waals surface area (Å²) in [7, 11) is 0. The number of benzene rings is 1. The molecular formula is C22H25F3N4O4. The van der Waals surface area contributed by atoms with Gasteiger partial charge < -0.3 is 20.1 Å². The first-order valence-electron chi connectivity index (χ1n) is 10.4. The first-order chi connectivity index (χ1) is 15.6. The third-order valence-electron chi connectivity index (χ3n) is 5.73. The van der Waals surface area contributed by atoms with Gasteiger partial charge in [-0.3, -0.25) is 4.79 Å². The Bertz CT molecular complexity index is 958. The summed E-state index contributed by atoms with van der Waals surface area (Å²) in [4.78, 5) is 32.0. The van der Waals surface area contributed by atoms with Crippen LogP contribution in [0, 0.1) is 18.8 Å². The highest BCUT2D eigenvalue weighted by Gasteiger charge is 2.45. The molecule has 2 aliphatic heterocycles. The third-order valence-corrected chi connectivity index (χ3v) is 5.73. The highest BCUT2D eigenvalue weighted by atomic mass is 19.4. The number of halogens is 3. The van der Waals surface area contributed by atoms with Crippen LogP contribution in [-0.4, -0.2) is 70.4 Å². The number of hydrogen-bond acceptors (Lipinski definition) is 6. The van der Waals surface area contributed by atoms with Crippen molar-refractivity contribution >= 4 is 17.8 Å². The van der Waals surface area contributed by atoms with E-state index >= 15 is 0 Å². The third kappa shape index (κ3) is 6.64. The summed E-state index contributed by atoms with van der Waals surface area (Å²) in [6.07, 6.45) is -1.01. The second kappa shape index (κ2) is 10.6. The lowest BCUT2D eigenvalue weighted by molar-refractivity contribution is -0.192. The van der Waals surface area contributed by atoms with E-state index in [1.54, 1.807) is 18.5 Å². The standard InChI is InChI=1S/C20H24N4O2.C2HF3O2/c1-14-5-2-3-6-15(14)9-19(25)24-11-17-16(13-26-18(17)12-24)10-23-20-21-7-4-8-22-20;3-2(4,5)1(6)7/h2-8,16-18H,9-13H2,1H3,(H,21,22,23);(H,6,7)/t16-,17+,18+;/m0./s1. The molecule has 33 heavy (non-hydrogen) atoms. The minimum absolute atomic E-state index is 0.152. The zero-order chi connectivity index (χ0) is 24.0. The first-order valence-corrected chi connectivity index (χ1v) is 10.4. The molecule has 3 heterocycles. The number of fused-ring (bicyclic) bond motifs is 1. The van der Waals surface area contributed by atoms with E-state index in [1.165, 1.54) is 5.56 Å². The van der Waals surface area contributed by atoms with E-state index in [9.17, 15) is 18.0 Å². The van der Waals surface area contributed by atoms with E-state index in [1.807, 2.05) is 23.1 Å². The van der Waals surface area contributed by atoms with Gasteiger partial charge in [0.05, 0.1) is 19.1 Å². The van der Waals surface area contributed by atoms with Crippen LogP contribution in [0.5, 0.6) is 0 Å². The number of amides is 1. The van der Waals surface area contributed by atoms with Crippen LogP contribution >= 0.6 is 0 Å². The summed E-state index contributed by atoms with van der Waals surface area (Å²) in [6, 6.07) is 9.88. The fourth-order valence-corrected chi connectivity index (χ4v) is 3.91. The maximum atomic E-state index is 12.7. The fraction of sp³-hybridized carbons (Fsp3) is 0.455. The number of carbonyl (C=O) groups excluding carboxylic acids is 1. The molecule has 4 rings (SSSR count). The molecule has 2 saturated heterocycles. The molecule has 1 aromatic carbocycles. The van der Waals surface area contributed by atoms with Gasteiger partial charge in [-0.15, -0.1) is 0 Å². The van der Waals surface area contributed by atoms with Gasteiger partial charge in [0, 0.05) is 43.9 Å². The number of nitrogens with zero attached hydrogens (tertiary/aromatic N) is 3. The maximum Gasteiger partial charge on any atom is 0.490 e. The van der Waals surface area contributed by atoms with Gasteiger partial charge in [0.25, 0.3) is 0 Å². The van der Waals surface area contributed by atoms with E-state index in [-0.39, 0.29) is 12.0 Å². The average molecular weight is 466 g/mol. The van der Waals surface area contributed by atoms with Crippen LogP contribution in [0.4, 0.5) is 19.1 Å². The van der Waals surface area contributed by atoms with Gasteiger partial charge in [0.2, 0.25) is 11.9 Å². The number of aryl methyl sites for hydroxylation is 1. The summed E-state index contributed by atoms with van der Waals surface area (Å²) in [5.74, 6) is -1.17. The van der Waals surface area contributed by atoms with Gasteiger partial charge in [0.1, 0.15) is 0 Å². The number of ether oxygens (including phenoxy) is 1. The number of aromatic nitrogens is 2. The maximum absolute atomic E-state index is 12.7. The van der Waals surface area contributed by atoms with Gasteiger partial charge in [0.15, 0.2) is 0 Å². The Kier molecular flexibility index (Phi) is 7.85. The molecule has 0 aliphatic carbocycles. The van der Waals surface area contributed by atoms with E-state index in [4.69, 9.17) is 14.6 Å². The Morgan fingerprint density at radius 3 is 2.48 bits per heavy atom. The van der Waals surface area contributed by atoms with Crippen LogP contribution in [0.1, 0.15) is 11.1 Å². The van der Waals surface area contributed by atoms with Crippen molar-refractivity contribution in [2.45, 2.75) is 25.6 Å². The van der Waals surface area contributed by atoms with Crippen molar-refractivity contribution < 1.29 is 32.6 Å². The zero-order valence-electron chi connectivity index (χ0n) is 18.0. The number of carbonyl (C=O) groups is 2. The van der Waals surface area contributed by atoms with Crippen molar-refractivity contribution in [3.05, 3.63) is 53.9 Å². The zero-order valence-corrected chi connectivity index (χ0v) is 18.0. The lowest BCUT2D eigenvalue weighted by atomic mass is 9.93. The first kappa shape index (κ1) is 24.4. The van der Waals surface area contributed by atoms with Crippen LogP contribution in [0.15, 0.2) is 42.7 Å². The van der Waals surface area contributed by atoms with Gasteiger partial charge >= 0.3 is 12.1 Å².